The van der Waals surface area contributed by atoms with Gasteiger partial charge in [0.1, 0.15) is 0 Å². The summed E-state index contributed by atoms with van der Waals surface area (Å²) in [5.74, 6) is 0. The number of nitrogens with one attached hydrogen (secondary N) is 1. The fraction of sp³-hybridized carbons (Fsp3) is 0.500. The highest BCUT2D eigenvalue weighted by atomic mass is 127. The minimum Gasteiger partial charge on any atom is -0.374 e. The van der Waals surface area contributed by atoms with Gasteiger partial charge in [-0.3, -0.25) is 0 Å². The molecule has 0 spiro atoms. The zero-order valence-electron chi connectivity index (χ0n) is 9.46. The van der Waals surface area contributed by atoms with E-state index in [1.807, 2.05) is 13.8 Å². The van der Waals surface area contributed by atoms with Crippen LogP contribution in [-0.4, -0.2) is 10.2 Å². The van der Waals surface area contributed by atoms with E-state index in [1.165, 1.54) is 5.56 Å². The van der Waals surface area contributed by atoms with E-state index in [2.05, 4.69) is 59.1 Å². The Kier molecular flexibility index (Phi) is 5.39. The summed E-state index contributed by atoms with van der Waals surface area (Å²) in [6.07, 6.45) is 0.289. The first kappa shape index (κ1) is 12.8. The predicted octanol–water partition coefficient (Wildman–Crippen LogP) is 3.80. The fourth-order valence-electron chi connectivity index (χ4n) is 1.19. The van der Waals surface area contributed by atoms with Crippen molar-refractivity contribution in [1.82, 2.24) is 0 Å². The van der Waals surface area contributed by atoms with E-state index >= 15 is 0 Å². The molecule has 15 heavy (non-hydrogen) atoms. The second-order valence-corrected chi connectivity index (χ2v) is 5.69. The molecule has 0 bridgehead atoms. The molecule has 84 valence electrons. The molecule has 1 atom stereocenters. The van der Waals surface area contributed by atoms with Crippen LogP contribution < -0.4 is 5.32 Å². The molecular formula is C12H18INO. The normalized spacial score (nSPS) is 12.9. The Hall–Kier alpha value is -0.290. The van der Waals surface area contributed by atoms with Crippen LogP contribution in [0.25, 0.3) is 0 Å². The maximum absolute atomic E-state index is 5.53. The standard InChI is InChI=1S/C12H18INO/c1-9(2)15-8-11-4-6-12(7-5-11)14-10(3)13/h4-7,9-10,14H,8H2,1-3H3. The van der Waals surface area contributed by atoms with Crippen molar-refractivity contribution in [2.24, 2.45) is 0 Å². The van der Waals surface area contributed by atoms with Crippen molar-refractivity contribution >= 4 is 28.3 Å². The molecule has 0 aliphatic heterocycles. The predicted molar refractivity (Wildman–Crippen MR) is 73.5 cm³/mol. The van der Waals surface area contributed by atoms with Crippen molar-refractivity contribution in [1.29, 1.82) is 0 Å². The fourth-order valence-corrected chi connectivity index (χ4v) is 1.55. The van der Waals surface area contributed by atoms with E-state index < -0.39 is 0 Å². The number of halogens is 1. The first-order chi connectivity index (χ1) is 7.08. The van der Waals surface area contributed by atoms with E-state index in [0.29, 0.717) is 10.7 Å². The summed E-state index contributed by atoms with van der Waals surface area (Å²) in [7, 11) is 0. The molecule has 0 amide bonds. The zero-order valence-corrected chi connectivity index (χ0v) is 11.6. The molecule has 2 nitrogen and oxygen atoms in total. The Bertz CT molecular complexity index is 282. The molecule has 1 aromatic carbocycles. The van der Waals surface area contributed by atoms with Crippen LogP contribution in [0.2, 0.25) is 0 Å². The molecule has 0 aromatic heterocycles. The van der Waals surface area contributed by atoms with Crippen molar-refractivity contribution in [2.75, 3.05) is 5.32 Å². The number of hydrogen-bond acceptors (Lipinski definition) is 2. The molecule has 0 saturated carbocycles. The summed E-state index contributed by atoms with van der Waals surface area (Å²) in [4.78, 5) is 0. The molecule has 0 fully saturated rings. The summed E-state index contributed by atoms with van der Waals surface area (Å²) >= 11 is 2.34. The largest absolute Gasteiger partial charge is 0.374 e. The third-order valence-electron chi connectivity index (χ3n) is 1.90. The van der Waals surface area contributed by atoms with Crippen molar-refractivity contribution < 1.29 is 4.74 Å². The van der Waals surface area contributed by atoms with Crippen molar-refractivity contribution in [2.45, 2.75) is 37.5 Å². The van der Waals surface area contributed by atoms with Crippen LogP contribution in [0.3, 0.4) is 0 Å². The van der Waals surface area contributed by atoms with Gasteiger partial charge < -0.3 is 10.1 Å². The Labute approximate surface area is 106 Å². The van der Waals surface area contributed by atoms with E-state index in [0.717, 1.165) is 5.69 Å². The summed E-state index contributed by atoms with van der Waals surface area (Å²) in [5, 5.41) is 3.34. The molecule has 1 aromatic rings. The number of rotatable bonds is 5. The lowest BCUT2D eigenvalue weighted by atomic mass is 10.2. The van der Waals surface area contributed by atoms with Crippen LogP contribution in [0.1, 0.15) is 26.3 Å². The van der Waals surface area contributed by atoms with Crippen molar-refractivity contribution in [3.63, 3.8) is 0 Å². The molecule has 3 heteroatoms. The summed E-state index contributed by atoms with van der Waals surface area (Å²) in [5.41, 5.74) is 2.38. The Balaban J connectivity index is 2.49. The van der Waals surface area contributed by atoms with Gasteiger partial charge in [-0.25, -0.2) is 0 Å². The van der Waals surface area contributed by atoms with Gasteiger partial charge in [-0.2, -0.15) is 0 Å². The summed E-state index contributed by atoms with van der Waals surface area (Å²) in [6, 6.07) is 8.38. The second kappa shape index (κ2) is 6.33. The SMILES string of the molecule is CC(I)Nc1ccc(COC(C)C)cc1. The first-order valence-corrected chi connectivity index (χ1v) is 6.43. The van der Waals surface area contributed by atoms with Gasteiger partial charge in [0.2, 0.25) is 0 Å². The molecule has 0 radical (unpaired) electrons. The highest BCUT2D eigenvalue weighted by Crippen LogP contribution is 2.13. The van der Waals surface area contributed by atoms with Gasteiger partial charge in [0.15, 0.2) is 0 Å². The molecule has 0 aliphatic carbocycles. The zero-order chi connectivity index (χ0) is 11.3. The maximum Gasteiger partial charge on any atom is 0.0752 e. The lowest BCUT2D eigenvalue weighted by molar-refractivity contribution is 0.0657. The average molecular weight is 319 g/mol. The van der Waals surface area contributed by atoms with Gasteiger partial charge in [0.25, 0.3) is 0 Å². The molecule has 1 rings (SSSR count). The van der Waals surface area contributed by atoms with Crippen molar-refractivity contribution in [3.05, 3.63) is 29.8 Å². The molecule has 1 unspecified atom stereocenters. The average Bonchev–Trinajstić information content (AvgIpc) is 2.16. The maximum atomic E-state index is 5.53. The third-order valence-corrected chi connectivity index (χ3v) is 2.21. The van der Waals surface area contributed by atoms with Crippen LogP contribution in [0.15, 0.2) is 24.3 Å². The Morgan fingerprint density at radius 2 is 1.80 bits per heavy atom. The van der Waals surface area contributed by atoms with E-state index in [9.17, 15) is 0 Å². The van der Waals surface area contributed by atoms with E-state index in [4.69, 9.17) is 4.74 Å². The first-order valence-electron chi connectivity index (χ1n) is 5.19. The lowest BCUT2D eigenvalue weighted by Gasteiger charge is -2.10. The van der Waals surface area contributed by atoms with Crippen LogP contribution in [0.4, 0.5) is 5.69 Å². The van der Waals surface area contributed by atoms with Gasteiger partial charge in [-0.15, -0.1) is 0 Å². The summed E-state index contributed by atoms with van der Waals surface area (Å²) in [6.45, 7) is 6.91. The molecular weight excluding hydrogens is 301 g/mol. The number of hydrogen-bond donors (Lipinski definition) is 1. The van der Waals surface area contributed by atoms with Crippen molar-refractivity contribution in [3.8, 4) is 0 Å². The van der Waals surface area contributed by atoms with Crippen LogP contribution in [-0.2, 0) is 11.3 Å². The minimum atomic E-state index is 0.289. The summed E-state index contributed by atoms with van der Waals surface area (Å²) < 4.78 is 5.97. The van der Waals surface area contributed by atoms with E-state index in [1.54, 1.807) is 0 Å². The highest BCUT2D eigenvalue weighted by molar-refractivity contribution is 14.1. The topological polar surface area (TPSA) is 21.3 Å². The minimum absolute atomic E-state index is 0.289. The smallest absolute Gasteiger partial charge is 0.0752 e. The van der Waals surface area contributed by atoms with E-state index in [-0.39, 0.29) is 6.10 Å². The third kappa shape index (κ3) is 5.37. The number of ether oxygens (including phenoxy) is 1. The number of alkyl halides is 1. The Morgan fingerprint density at radius 1 is 1.20 bits per heavy atom. The molecule has 0 aliphatic rings. The Morgan fingerprint density at radius 3 is 2.27 bits per heavy atom. The molecule has 0 saturated heterocycles. The second-order valence-electron chi connectivity index (χ2n) is 3.82. The number of benzene rings is 1. The van der Waals surface area contributed by atoms with Crippen LogP contribution in [0.5, 0.6) is 0 Å². The van der Waals surface area contributed by atoms with Gasteiger partial charge in [0.05, 0.1) is 16.8 Å². The lowest BCUT2D eigenvalue weighted by Crippen LogP contribution is -2.06. The van der Waals surface area contributed by atoms with Gasteiger partial charge in [0, 0.05) is 5.69 Å². The van der Waals surface area contributed by atoms with Crippen LogP contribution >= 0.6 is 22.6 Å². The van der Waals surface area contributed by atoms with Gasteiger partial charge >= 0.3 is 0 Å². The number of anilines is 1. The van der Waals surface area contributed by atoms with Gasteiger partial charge in [-0.1, -0.05) is 34.7 Å². The highest BCUT2D eigenvalue weighted by Gasteiger charge is 1.98. The molecule has 0 heterocycles. The van der Waals surface area contributed by atoms with Crippen LogP contribution in [0, 0.1) is 0 Å². The quantitative estimate of drug-likeness (QED) is 0.506. The van der Waals surface area contributed by atoms with Gasteiger partial charge in [-0.05, 0) is 38.5 Å². The monoisotopic (exact) mass is 319 g/mol. The molecule has 1 N–H and O–H groups in total.